The molecule has 6 nitrogen and oxygen atoms in total. The van der Waals surface area contributed by atoms with Crippen molar-refractivity contribution in [1.82, 2.24) is 0 Å². The lowest BCUT2D eigenvalue weighted by Gasteiger charge is -2.18. The van der Waals surface area contributed by atoms with E-state index < -0.39 is 6.10 Å². The zero-order valence-corrected chi connectivity index (χ0v) is 53.6. The Labute approximate surface area is 498 Å². The number of hydrogen-bond donors (Lipinski definition) is 0. The third kappa shape index (κ3) is 65.9. The molecule has 0 N–H and O–H groups in total. The van der Waals surface area contributed by atoms with Crippen LogP contribution in [-0.4, -0.2) is 37.2 Å². The minimum Gasteiger partial charge on any atom is -0.462 e. The smallest absolute Gasteiger partial charge is 0.306 e. The van der Waals surface area contributed by atoms with E-state index in [1.54, 1.807) is 0 Å². The summed E-state index contributed by atoms with van der Waals surface area (Å²) < 4.78 is 16.9. The lowest BCUT2D eigenvalue weighted by atomic mass is 10.0. The van der Waals surface area contributed by atoms with E-state index in [4.69, 9.17) is 14.2 Å². The predicted molar refractivity (Wildman–Crippen MR) is 348 cm³/mol. The van der Waals surface area contributed by atoms with Crippen LogP contribution < -0.4 is 0 Å². The second kappa shape index (κ2) is 68.6. The molecule has 0 spiro atoms. The number of rotatable bonds is 65. The monoisotopic (exact) mass is 1120 g/mol. The SMILES string of the molecule is CC/C=C\C/C=C\C/C=C\C/C=C\C/C=C\CCCCCCCCCCCCCCCCCCCCCC(=O)OCC(COC(=O)CCCCCCCCCC)OC(=O)CCCCCCCCCCCCCCCCCCCCC. The van der Waals surface area contributed by atoms with Gasteiger partial charge in [-0.3, -0.25) is 14.4 Å². The van der Waals surface area contributed by atoms with Crippen molar-refractivity contribution in [2.45, 2.75) is 380 Å². The highest BCUT2D eigenvalue weighted by molar-refractivity contribution is 5.71. The van der Waals surface area contributed by atoms with E-state index in [1.165, 1.54) is 244 Å². The van der Waals surface area contributed by atoms with E-state index in [1.807, 2.05) is 0 Å². The van der Waals surface area contributed by atoms with E-state index in [0.29, 0.717) is 19.3 Å². The van der Waals surface area contributed by atoms with Crippen LogP contribution in [0.2, 0.25) is 0 Å². The van der Waals surface area contributed by atoms with Crippen molar-refractivity contribution in [2.75, 3.05) is 13.2 Å². The number of unbranched alkanes of at least 4 members (excludes halogenated alkanes) is 44. The molecule has 0 saturated heterocycles. The second-order valence-electron chi connectivity index (χ2n) is 23.8. The van der Waals surface area contributed by atoms with Gasteiger partial charge < -0.3 is 14.2 Å². The van der Waals surface area contributed by atoms with Crippen LogP contribution in [-0.2, 0) is 28.6 Å². The van der Waals surface area contributed by atoms with Crippen LogP contribution >= 0.6 is 0 Å². The maximum atomic E-state index is 12.9. The Kier molecular flexibility index (Phi) is 66.1. The molecule has 0 aliphatic heterocycles. The molecular formula is C74H134O6. The number of allylic oxidation sites excluding steroid dienone is 10. The largest absolute Gasteiger partial charge is 0.462 e. The van der Waals surface area contributed by atoms with Crippen molar-refractivity contribution in [2.24, 2.45) is 0 Å². The molecule has 0 rings (SSSR count). The van der Waals surface area contributed by atoms with Crippen LogP contribution in [0.4, 0.5) is 0 Å². The lowest BCUT2D eigenvalue weighted by molar-refractivity contribution is -0.167. The number of hydrogen-bond acceptors (Lipinski definition) is 6. The van der Waals surface area contributed by atoms with Crippen molar-refractivity contribution < 1.29 is 28.6 Å². The average molecular weight is 1120 g/mol. The molecule has 6 heteroatoms. The first kappa shape index (κ1) is 77.1. The highest BCUT2D eigenvalue weighted by atomic mass is 16.6. The minimum absolute atomic E-state index is 0.0664. The Morgan fingerprint density at radius 2 is 0.487 bits per heavy atom. The van der Waals surface area contributed by atoms with Gasteiger partial charge in [-0.15, -0.1) is 0 Å². The van der Waals surface area contributed by atoms with Gasteiger partial charge in [0.1, 0.15) is 13.2 Å². The number of esters is 3. The summed E-state index contributed by atoms with van der Waals surface area (Å²) in [6.45, 7) is 6.56. The van der Waals surface area contributed by atoms with Gasteiger partial charge in [0.15, 0.2) is 6.10 Å². The standard InChI is InChI=1S/C74H134O6/c1-4-7-10-13-16-19-21-23-25-27-29-30-31-32-33-34-35-36-37-38-39-40-41-42-43-44-46-47-49-51-53-55-58-61-64-67-73(76)79-70-71(69-78-72(75)66-63-60-57-18-15-12-9-6-3)80-74(77)68-65-62-59-56-54-52-50-48-45-28-26-24-22-20-17-14-11-8-5-2/h7,10,16,19,23,25,29-30,32-33,71H,4-6,8-9,11-15,17-18,20-22,24,26-28,31,34-70H2,1-3H3/b10-7-,19-16-,25-23-,30-29-,33-32-. The quantitative estimate of drug-likeness (QED) is 0.0261. The molecule has 80 heavy (non-hydrogen) atoms. The summed E-state index contributed by atoms with van der Waals surface area (Å²) in [5.74, 6) is -0.844. The van der Waals surface area contributed by atoms with E-state index >= 15 is 0 Å². The average Bonchev–Trinajstić information content (AvgIpc) is 3.46. The highest BCUT2D eigenvalue weighted by Crippen LogP contribution is 2.18. The van der Waals surface area contributed by atoms with Gasteiger partial charge in [0.05, 0.1) is 0 Å². The van der Waals surface area contributed by atoms with Crippen molar-refractivity contribution in [1.29, 1.82) is 0 Å². The molecule has 1 unspecified atom stereocenters. The van der Waals surface area contributed by atoms with E-state index in [-0.39, 0.29) is 31.1 Å². The number of ether oxygens (including phenoxy) is 3. The Bertz CT molecular complexity index is 1430. The summed E-state index contributed by atoms with van der Waals surface area (Å²) in [5.41, 5.74) is 0. The fourth-order valence-corrected chi connectivity index (χ4v) is 10.5. The lowest BCUT2D eigenvalue weighted by Crippen LogP contribution is -2.30. The van der Waals surface area contributed by atoms with Crippen molar-refractivity contribution in [3.05, 3.63) is 60.8 Å². The van der Waals surface area contributed by atoms with Gasteiger partial charge in [0.2, 0.25) is 0 Å². The Hall–Kier alpha value is -2.89. The highest BCUT2D eigenvalue weighted by Gasteiger charge is 2.19. The number of carbonyl (C=O) groups is 3. The molecule has 0 fully saturated rings. The third-order valence-electron chi connectivity index (χ3n) is 15.8. The van der Waals surface area contributed by atoms with Crippen LogP contribution in [0.5, 0.6) is 0 Å². The molecule has 1 atom stereocenters. The van der Waals surface area contributed by atoms with Gasteiger partial charge in [-0.05, 0) is 64.2 Å². The zero-order valence-electron chi connectivity index (χ0n) is 53.6. The van der Waals surface area contributed by atoms with Crippen molar-refractivity contribution in [3.63, 3.8) is 0 Å². The Morgan fingerprint density at radius 1 is 0.263 bits per heavy atom. The molecule has 0 radical (unpaired) electrons. The predicted octanol–water partition coefficient (Wildman–Crippen LogP) is 24.3. The first-order chi connectivity index (χ1) is 39.5. The van der Waals surface area contributed by atoms with Crippen LogP contribution in [0, 0.1) is 0 Å². The van der Waals surface area contributed by atoms with Crippen LogP contribution in [0.1, 0.15) is 374 Å². The molecule has 0 aliphatic rings. The van der Waals surface area contributed by atoms with Gasteiger partial charge in [-0.25, -0.2) is 0 Å². The van der Waals surface area contributed by atoms with Gasteiger partial charge in [0, 0.05) is 19.3 Å². The second-order valence-corrected chi connectivity index (χ2v) is 23.8. The normalized spacial score (nSPS) is 12.4. The maximum absolute atomic E-state index is 12.9. The molecule has 0 aliphatic carbocycles. The summed E-state index contributed by atoms with van der Waals surface area (Å²) in [5, 5.41) is 0. The summed E-state index contributed by atoms with van der Waals surface area (Å²) in [4.78, 5) is 38.2. The molecule has 0 aromatic heterocycles. The van der Waals surface area contributed by atoms with Crippen molar-refractivity contribution in [3.8, 4) is 0 Å². The van der Waals surface area contributed by atoms with Crippen LogP contribution in [0.3, 0.4) is 0 Å². The molecule has 0 heterocycles. The summed E-state index contributed by atoms with van der Waals surface area (Å²) in [6.07, 6.45) is 88.5. The fourth-order valence-electron chi connectivity index (χ4n) is 10.5. The van der Waals surface area contributed by atoms with Crippen molar-refractivity contribution >= 4 is 17.9 Å². The van der Waals surface area contributed by atoms with Crippen LogP contribution in [0.25, 0.3) is 0 Å². The minimum atomic E-state index is -0.767. The van der Waals surface area contributed by atoms with E-state index in [9.17, 15) is 14.4 Å². The van der Waals surface area contributed by atoms with Crippen LogP contribution in [0.15, 0.2) is 60.8 Å². The van der Waals surface area contributed by atoms with E-state index in [2.05, 4.69) is 81.5 Å². The maximum Gasteiger partial charge on any atom is 0.306 e. The Balaban J connectivity index is 4.00. The molecule has 466 valence electrons. The molecule has 0 aromatic carbocycles. The summed E-state index contributed by atoms with van der Waals surface area (Å²) in [6, 6.07) is 0. The molecule has 0 aromatic rings. The molecular weight excluding hydrogens is 985 g/mol. The molecule has 0 saturated carbocycles. The number of carbonyl (C=O) groups excluding carboxylic acids is 3. The molecule has 0 bridgehead atoms. The third-order valence-corrected chi connectivity index (χ3v) is 15.8. The first-order valence-corrected chi connectivity index (χ1v) is 35.3. The molecule has 0 amide bonds. The van der Waals surface area contributed by atoms with Gasteiger partial charge in [-0.1, -0.05) is 351 Å². The fraction of sp³-hybridized carbons (Fsp3) is 0.824. The van der Waals surface area contributed by atoms with Gasteiger partial charge >= 0.3 is 17.9 Å². The summed E-state index contributed by atoms with van der Waals surface area (Å²) >= 11 is 0. The van der Waals surface area contributed by atoms with Gasteiger partial charge in [-0.2, -0.15) is 0 Å². The first-order valence-electron chi connectivity index (χ1n) is 35.3. The van der Waals surface area contributed by atoms with E-state index in [0.717, 1.165) is 89.9 Å². The topological polar surface area (TPSA) is 78.9 Å². The zero-order chi connectivity index (χ0) is 57.8. The van der Waals surface area contributed by atoms with Gasteiger partial charge in [0.25, 0.3) is 0 Å². The Morgan fingerprint density at radius 3 is 0.762 bits per heavy atom. The summed E-state index contributed by atoms with van der Waals surface area (Å²) in [7, 11) is 0.